The standard InChI is InChI=1S/C21H24N4O3/c1-25(2)21(28)14-7-9-15(10-8-14)23-19(26)13-22-18-6-4-3-5-17(18)20(27)24-16-11-12-16/h3-10,16,22H,11-13H2,1-2H3,(H,23,26)(H,24,27). The third-order valence-electron chi connectivity index (χ3n) is 4.35. The molecular formula is C21H24N4O3. The predicted molar refractivity (Wildman–Crippen MR) is 109 cm³/mol. The topological polar surface area (TPSA) is 90.5 Å². The summed E-state index contributed by atoms with van der Waals surface area (Å²) in [5, 5.41) is 8.74. The first-order valence-corrected chi connectivity index (χ1v) is 9.19. The molecule has 0 saturated heterocycles. The van der Waals surface area contributed by atoms with Crippen LogP contribution in [0.4, 0.5) is 11.4 Å². The Balaban J connectivity index is 1.56. The molecular weight excluding hydrogens is 356 g/mol. The van der Waals surface area contributed by atoms with Gasteiger partial charge in [-0.15, -0.1) is 0 Å². The van der Waals surface area contributed by atoms with Crippen LogP contribution in [-0.4, -0.2) is 49.3 Å². The van der Waals surface area contributed by atoms with Gasteiger partial charge in [0.2, 0.25) is 5.91 Å². The highest BCUT2D eigenvalue weighted by molar-refractivity contribution is 6.01. The molecule has 7 nitrogen and oxygen atoms in total. The Morgan fingerprint density at radius 3 is 2.32 bits per heavy atom. The number of anilines is 2. The first kappa shape index (κ1) is 19.4. The molecule has 7 heteroatoms. The van der Waals surface area contributed by atoms with Crippen molar-refractivity contribution >= 4 is 29.1 Å². The second-order valence-electron chi connectivity index (χ2n) is 6.97. The lowest BCUT2D eigenvalue weighted by Crippen LogP contribution is -2.27. The van der Waals surface area contributed by atoms with E-state index < -0.39 is 0 Å². The van der Waals surface area contributed by atoms with Crippen molar-refractivity contribution in [1.82, 2.24) is 10.2 Å². The molecule has 3 rings (SSSR count). The van der Waals surface area contributed by atoms with Crippen LogP contribution in [0.5, 0.6) is 0 Å². The molecule has 2 aromatic carbocycles. The van der Waals surface area contributed by atoms with Crippen LogP contribution in [0.1, 0.15) is 33.6 Å². The van der Waals surface area contributed by atoms with Gasteiger partial charge in [0.1, 0.15) is 0 Å². The first-order valence-electron chi connectivity index (χ1n) is 9.19. The lowest BCUT2D eigenvalue weighted by Gasteiger charge is -2.13. The van der Waals surface area contributed by atoms with Crippen LogP contribution in [0.25, 0.3) is 0 Å². The van der Waals surface area contributed by atoms with Crippen LogP contribution >= 0.6 is 0 Å². The molecule has 0 atom stereocenters. The Hall–Kier alpha value is -3.35. The van der Waals surface area contributed by atoms with E-state index in [0.717, 1.165) is 12.8 Å². The minimum atomic E-state index is -0.246. The monoisotopic (exact) mass is 380 g/mol. The summed E-state index contributed by atoms with van der Waals surface area (Å²) in [6.45, 7) is 0.0199. The largest absolute Gasteiger partial charge is 0.376 e. The number of nitrogens with zero attached hydrogens (tertiary/aromatic N) is 1. The average molecular weight is 380 g/mol. The fraction of sp³-hybridized carbons (Fsp3) is 0.286. The van der Waals surface area contributed by atoms with Gasteiger partial charge in [-0.2, -0.15) is 0 Å². The van der Waals surface area contributed by atoms with Gasteiger partial charge in [-0.25, -0.2) is 0 Å². The fourth-order valence-corrected chi connectivity index (χ4v) is 2.66. The zero-order chi connectivity index (χ0) is 20.1. The summed E-state index contributed by atoms with van der Waals surface area (Å²) in [6, 6.07) is 14.1. The number of carbonyl (C=O) groups is 3. The minimum Gasteiger partial charge on any atom is -0.376 e. The summed E-state index contributed by atoms with van der Waals surface area (Å²) in [5.41, 5.74) is 2.29. The zero-order valence-electron chi connectivity index (χ0n) is 16.0. The number of amides is 3. The van der Waals surface area contributed by atoms with Crippen molar-refractivity contribution in [3.05, 3.63) is 59.7 Å². The molecule has 146 valence electrons. The molecule has 3 amide bonds. The molecule has 0 aliphatic heterocycles. The molecule has 1 fully saturated rings. The van der Waals surface area contributed by atoms with Crippen LogP contribution in [-0.2, 0) is 4.79 Å². The molecule has 0 spiro atoms. The SMILES string of the molecule is CN(C)C(=O)c1ccc(NC(=O)CNc2ccccc2C(=O)NC2CC2)cc1. The smallest absolute Gasteiger partial charge is 0.253 e. The van der Waals surface area contributed by atoms with E-state index in [-0.39, 0.29) is 30.3 Å². The Bertz CT molecular complexity index is 873. The summed E-state index contributed by atoms with van der Waals surface area (Å²) >= 11 is 0. The normalized spacial score (nSPS) is 12.8. The van der Waals surface area contributed by atoms with E-state index in [1.165, 1.54) is 4.90 Å². The van der Waals surface area contributed by atoms with Gasteiger partial charge < -0.3 is 20.9 Å². The van der Waals surface area contributed by atoms with Gasteiger partial charge >= 0.3 is 0 Å². The van der Waals surface area contributed by atoms with Gasteiger partial charge in [0.15, 0.2) is 0 Å². The summed E-state index contributed by atoms with van der Waals surface area (Å²) in [6.07, 6.45) is 2.03. The van der Waals surface area contributed by atoms with E-state index >= 15 is 0 Å². The summed E-state index contributed by atoms with van der Waals surface area (Å²) < 4.78 is 0. The maximum absolute atomic E-state index is 12.3. The number of hydrogen-bond donors (Lipinski definition) is 3. The second-order valence-corrected chi connectivity index (χ2v) is 6.97. The molecule has 1 saturated carbocycles. The van der Waals surface area contributed by atoms with Crippen molar-refractivity contribution in [1.29, 1.82) is 0 Å². The highest BCUT2D eigenvalue weighted by Gasteiger charge is 2.24. The van der Waals surface area contributed by atoms with Crippen molar-refractivity contribution in [2.75, 3.05) is 31.3 Å². The van der Waals surface area contributed by atoms with Gasteiger partial charge in [0.05, 0.1) is 12.1 Å². The number of benzene rings is 2. The predicted octanol–water partition coefficient (Wildman–Crippen LogP) is 2.33. The molecule has 0 radical (unpaired) electrons. The van der Waals surface area contributed by atoms with E-state index in [1.807, 2.05) is 6.07 Å². The average Bonchev–Trinajstić information content (AvgIpc) is 3.50. The van der Waals surface area contributed by atoms with Crippen LogP contribution in [0.3, 0.4) is 0 Å². The molecule has 0 aromatic heterocycles. The number of rotatable bonds is 7. The van der Waals surface area contributed by atoms with E-state index in [9.17, 15) is 14.4 Å². The molecule has 3 N–H and O–H groups in total. The lowest BCUT2D eigenvalue weighted by atomic mass is 10.1. The molecule has 28 heavy (non-hydrogen) atoms. The highest BCUT2D eigenvalue weighted by atomic mass is 16.2. The van der Waals surface area contributed by atoms with Gasteiger partial charge in [-0.3, -0.25) is 14.4 Å². The molecule has 0 bridgehead atoms. The number of para-hydroxylation sites is 1. The van der Waals surface area contributed by atoms with Gasteiger partial charge in [0, 0.05) is 37.1 Å². The summed E-state index contributed by atoms with van der Waals surface area (Å²) in [5.74, 6) is -0.475. The van der Waals surface area contributed by atoms with Crippen LogP contribution < -0.4 is 16.0 Å². The Morgan fingerprint density at radius 2 is 1.68 bits per heavy atom. The van der Waals surface area contributed by atoms with Crippen molar-refractivity contribution in [2.45, 2.75) is 18.9 Å². The minimum absolute atomic E-state index is 0.0199. The van der Waals surface area contributed by atoms with Gasteiger partial charge in [0.25, 0.3) is 11.8 Å². The third kappa shape index (κ3) is 5.09. The third-order valence-corrected chi connectivity index (χ3v) is 4.35. The van der Waals surface area contributed by atoms with Crippen LogP contribution in [0, 0.1) is 0 Å². The van der Waals surface area contributed by atoms with E-state index in [4.69, 9.17) is 0 Å². The zero-order valence-corrected chi connectivity index (χ0v) is 16.0. The van der Waals surface area contributed by atoms with Crippen LogP contribution in [0.15, 0.2) is 48.5 Å². The second kappa shape index (κ2) is 8.56. The lowest BCUT2D eigenvalue weighted by molar-refractivity contribution is -0.114. The number of carbonyl (C=O) groups excluding carboxylic acids is 3. The Kier molecular flexibility index (Phi) is 5.93. The van der Waals surface area contributed by atoms with Gasteiger partial charge in [-0.1, -0.05) is 12.1 Å². The summed E-state index contributed by atoms with van der Waals surface area (Å²) in [7, 11) is 3.37. The van der Waals surface area contributed by atoms with Gasteiger partial charge in [-0.05, 0) is 49.2 Å². The maximum atomic E-state index is 12.3. The van der Waals surface area contributed by atoms with Crippen LogP contribution in [0.2, 0.25) is 0 Å². The van der Waals surface area contributed by atoms with Crippen molar-refractivity contribution in [2.24, 2.45) is 0 Å². The Labute approximate surface area is 164 Å². The molecule has 2 aromatic rings. The molecule has 0 heterocycles. The van der Waals surface area contributed by atoms with Crippen molar-refractivity contribution in [3.63, 3.8) is 0 Å². The van der Waals surface area contributed by atoms with Crippen molar-refractivity contribution in [3.8, 4) is 0 Å². The summed E-state index contributed by atoms with van der Waals surface area (Å²) in [4.78, 5) is 37.9. The van der Waals surface area contributed by atoms with Crippen molar-refractivity contribution < 1.29 is 14.4 Å². The number of hydrogen-bond acceptors (Lipinski definition) is 4. The first-order chi connectivity index (χ1) is 13.4. The molecule has 1 aliphatic rings. The quantitative estimate of drug-likeness (QED) is 0.688. The van der Waals surface area contributed by atoms with E-state index in [2.05, 4.69) is 16.0 Å². The fourth-order valence-electron chi connectivity index (χ4n) is 2.66. The molecule has 0 unspecified atom stereocenters. The number of nitrogens with one attached hydrogen (secondary N) is 3. The van der Waals surface area contributed by atoms with E-state index in [1.54, 1.807) is 56.6 Å². The highest BCUT2D eigenvalue weighted by Crippen LogP contribution is 2.21. The Morgan fingerprint density at radius 1 is 1.00 bits per heavy atom. The van der Waals surface area contributed by atoms with E-state index in [0.29, 0.717) is 22.5 Å². The molecule has 1 aliphatic carbocycles. The maximum Gasteiger partial charge on any atom is 0.253 e.